The highest BCUT2D eigenvalue weighted by atomic mass is 16.5. The van der Waals surface area contributed by atoms with E-state index in [0.717, 1.165) is 17.7 Å². The van der Waals surface area contributed by atoms with Gasteiger partial charge in [-0.05, 0) is 12.8 Å². The Labute approximate surface area is 117 Å². The first-order valence-corrected chi connectivity index (χ1v) is 7.24. The molecule has 3 aliphatic rings. The monoisotopic (exact) mass is 283 g/mol. The van der Waals surface area contributed by atoms with Crippen LogP contribution in [0.25, 0.3) is 0 Å². The molecule has 1 atom stereocenters. The Hall–Kier alpha value is -1.18. The number of β-amino-alcohol motifs (C(OH)–C–C–N with tert-alkyl or cyclic N) is 1. The van der Waals surface area contributed by atoms with Gasteiger partial charge in [-0.15, -0.1) is 0 Å². The lowest BCUT2D eigenvalue weighted by Gasteiger charge is -2.30. The first-order valence-electron chi connectivity index (χ1n) is 7.24. The molecular formula is C13H21N3O4. The van der Waals surface area contributed by atoms with Crippen molar-refractivity contribution in [3.63, 3.8) is 0 Å². The largest absolute Gasteiger partial charge is 0.390 e. The predicted molar refractivity (Wildman–Crippen MR) is 70.1 cm³/mol. The Kier molecular flexibility index (Phi) is 3.66. The molecule has 0 bridgehead atoms. The standard InChI is InChI=1S/C13H21N3O4/c17-10(7-14-9-1-2-9)8-16-11(18)13(15-12(16)19)3-5-20-6-4-13/h9-10,14,17H,1-8H2,(H,15,19). The maximum atomic E-state index is 12.4. The van der Waals surface area contributed by atoms with Gasteiger partial charge in [-0.3, -0.25) is 9.69 Å². The molecule has 1 aliphatic carbocycles. The van der Waals surface area contributed by atoms with Crippen molar-refractivity contribution in [2.75, 3.05) is 26.3 Å². The summed E-state index contributed by atoms with van der Waals surface area (Å²) >= 11 is 0. The molecule has 3 rings (SSSR count). The van der Waals surface area contributed by atoms with E-state index in [0.29, 0.717) is 38.6 Å². The summed E-state index contributed by atoms with van der Waals surface area (Å²) in [6.45, 7) is 1.42. The van der Waals surface area contributed by atoms with E-state index in [1.807, 2.05) is 0 Å². The van der Waals surface area contributed by atoms with Gasteiger partial charge in [-0.1, -0.05) is 0 Å². The first kappa shape index (κ1) is 13.8. The summed E-state index contributed by atoms with van der Waals surface area (Å²) in [5, 5.41) is 15.9. The third-order valence-corrected chi connectivity index (χ3v) is 4.21. The van der Waals surface area contributed by atoms with Crippen LogP contribution in [0, 0.1) is 0 Å². The Morgan fingerprint density at radius 1 is 1.40 bits per heavy atom. The summed E-state index contributed by atoms with van der Waals surface area (Å²) in [6.07, 6.45) is 2.56. The zero-order chi connectivity index (χ0) is 14.2. The van der Waals surface area contributed by atoms with Crippen molar-refractivity contribution < 1.29 is 19.4 Å². The number of carbonyl (C=O) groups excluding carboxylic acids is 2. The fourth-order valence-corrected chi connectivity index (χ4v) is 2.77. The van der Waals surface area contributed by atoms with E-state index in [1.54, 1.807) is 0 Å². The second kappa shape index (κ2) is 5.31. The number of nitrogens with one attached hydrogen (secondary N) is 2. The summed E-state index contributed by atoms with van der Waals surface area (Å²) in [6, 6.07) is 0.0944. The van der Waals surface area contributed by atoms with Crippen LogP contribution in [0.15, 0.2) is 0 Å². The minimum absolute atomic E-state index is 0.0486. The van der Waals surface area contributed by atoms with Gasteiger partial charge in [0.25, 0.3) is 5.91 Å². The van der Waals surface area contributed by atoms with Crippen LogP contribution in [0.2, 0.25) is 0 Å². The number of aliphatic hydroxyl groups is 1. The summed E-state index contributed by atoms with van der Waals surface area (Å²) in [7, 11) is 0. The maximum absolute atomic E-state index is 12.4. The number of carbonyl (C=O) groups is 2. The number of imide groups is 1. The molecule has 1 unspecified atom stereocenters. The van der Waals surface area contributed by atoms with E-state index in [2.05, 4.69) is 10.6 Å². The van der Waals surface area contributed by atoms with Crippen LogP contribution in [-0.4, -0.2) is 65.9 Å². The number of aliphatic hydroxyl groups excluding tert-OH is 1. The van der Waals surface area contributed by atoms with Crippen LogP contribution in [-0.2, 0) is 9.53 Å². The number of amides is 3. The van der Waals surface area contributed by atoms with E-state index in [9.17, 15) is 14.7 Å². The molecule has 7 heteroatoms. The third-order valence-electron chi connectivity index (χ3n) is 4.21. The van der Waals surface area contributed by atoms with Gasteiger partial charge in [0.05, 0.1) is 12.6 Å². The second-order valence-electron chi connectivity index (χ2n) is 5.88. The fraction of sp³-hybridized carbons (Fsp3) is 0.846. The van der Waals surface area contributed by atoms with Gasteiger partial charge in [0.15, 0.2) is 0 Å². The molecule has 3 fully saturated rings. The zero-order valence-corrected chi connectivity index (χ0v) is 11.4. The molecule has 20 heavy (non-hydrogen) atoms. The van der Waals surface area contributed by atoms with Crippen LogP contribution in [0.5, 0.6) is 0 Å². The molecule has 3 N–H and O–H groups in total. The topological polar surface area (TPSA) is 90.9 Å². The molecule has 1 spiro atoms. The smallest absolute Gasteiger partial charge is 0.325 e. The molecule has 2 aliphatic heterocycles. The van der Waals surface area contributed by atoms with Gasteiger partial charge in [0.2, 0.25) is 0 Å². The van der Waals surface area contributed by atoms with Crippen molar-refractivity contribution in [2.45, 2.75) is 43.4 Å². The van der Waals surface area contributed by atoms with E-state index >= 15 is 0 Å². The molecule has 7 nitrogen and oxygen atoms in total. The van der Waals surface area contributed by atoms with Gasteiger partial charge in [-0.2, -0.15) is 0 Å². The van der Waals surface area contributed by atoms with Crippen LogP contribution in [0.3, 0.4) is 0 Å². The summed E-state index contributed by atoms with van der Waals surface area (Å²) in [5.74, 6) is -0.226. The molecule has 1 saturated carbocycles. The van der Waals surface area contributed by atoms with Crippen molar-refractivity contribution in [1.29, 1.82) is 0 Å². The quantitative estimate of drug-likeness (QED) is 0.575. The van der Waals surface area contributed by atoms with Crippen molar-refractivity contribution >= 4 is 11.9 Å². The van der Waals surface area contributed by atoms with E-state index < -0.39 is 17.7 Å². The van der Waals surface area contributed by atoms with Gasteiger partial charge < -0.3 is 20.5 Å². The Morgan fingerprint density at radius 3 is 2.75 bits per heavy atom. The van der Waals surface area contributed by atoms with Gasteiger partial charge in [0, 0.05) is 38.6 Å². The highest BCUT2D eigenvalue weighted by molar-refractivity contribution is 6.07. The van der Waals surface area contributed by atoms with Crippen LogP contribution < -0.4 is 10.6 Å². The molecule has 112 valence electrons. The number of ether oxygens (including phenoxy) is 1. The normalized spacial score (nSPS) is 26.9. The summed E-state index contributed by atoms with van der Waals surface area (Å²) in [5.41, 5.74) is -0.807. The van der Waals surface area contributed by atoms with Gasteiger partial charge in [0.1, 0.15) is 5.54 Å². The molecule has 2 heterocycles. The number of urea groups is 1. The molecule has 0 aromatic heterocycles. The molecule has 0 radical (unpaired) electrons. The molecule has 2 saturated heterocycles. The number of nitrogens with zero attached hydrogens (tertiary/aromatic N) is 1. The van der Waals surface area contributed by atoms with E-state index in [1.165, 1.54) is 0 Å². The first-order chi connectivity index (χ1) is 9.61. The molecule has 0 aromatic rings. The lowest BCUT2D eigenvalue weighted by Crippen LogP contribution is -2.51. The van der Waals surface area contributed by atoms with Crippen molar-refractivity contribution in [3.8, 4) is 0 Å². The highest BCUT2D eigenvalue weighted by Gasteiger charge is 2.51. The lowest BCUT2D eigenvalue weighted by molar-refractivity contribution is -0.135. The van der Waals surface area contributed by atoms with Crippen LogP contribution in [0.1, 0.15) is 25.7 Å². The summed E-state index contributed by atoms with van der Waals surface area (Å²) in [4.78, 5) is 25.5. The number of rotatable bonds is 5. The minimum atomic E-state index is -0.807. The predicted octanol–water partition coefficient (Wildman–Crippen LogP) is -0.800. The fourth-order valence-electron chi connectivity index (χ4n) is 2.77. The molecule has 0 aromatic carbocycles. The van der Waals surface area contributed by atoms with Crippen LogP contribution in [0.4, 0.5) is 4.79 Å². The SMILES string of the molecule is O=C1NC2(CCOCC2)C(=O)N1CC(O)CNC1CC1. The summed E-state index contributed by atoms with van der Waals surface area (Å²) < 4.78 is 5.25. The van der Waals surface area contributed by atoms with Gasteiger partial charge >= 0.3 is 6.03 Å². The highest BCUT2D eigenvalue weighted by Crippen LogP contribution is 2.28. The maximum Gasteiger partial charge on any atom is 0.325 e. The Bertz CT molecular complexity index is 404. The lowest BCUT2D eigenvalue weighted by atomic mass is 9.90. The Balaban J connectivity index is 1.58. The number of hydrogen-bond donors (Lipinski definition) is 3. The van der Waals surface area contributed by atoms with Crippen LogP contribution >= 0.6 is 0 Å². The Morgan fingerprint density at radius 2 is 2.10 bits per heavy atom. The minimum Gasteiger partial charge on any atom is -0.390 e. The van der Waals surface area contributed by atoms with E-state index in [4.69, 9.17) is 4.74 Å². The van der Waals surface area contributed by atoms with Crippen molar-refractivity contribution in [2.24, 2.45) is 0 Å². The van der Waals surface area contributed by atoms with Crippen molar-refractivity contribution in [3.05, 3.63) is 0 Å². The molecular weight excluding hydrogens is 262 g/mol. The third kappa shape index (κ3) is 2.65. The average molecular weight is 283 g/mol. The van der Waals surface area contributed by atoms with Crippen molar-refractivity contribution in [1.82, 2.24) is 15.5 Å². The average Bonchev–Trinajstić information content (AvgIpc) is 3.23. The number of hydrogen-bond acceptors (Lipinski definition) is 5. The van der Waals surface area contributed by atoms with E-state index in [-0.39, 0.29) is 12.5 Å². The molecule has 3 amide bonds. The van der Waals surface area contributed by atoms with Gasteiger partial charge in [-0.25, -0.2) is 4.79 Å². The second-order valence-corrected chi connectivity index (χ2v) is 5.88. The zero-order valence-electron chi connectivity index (χ0n) is 11.4.